The lowest BCUT2D eigenvalue weighted by atomic mass is 9.80. The molecule has 0 unspecified atom stereocenters. The zero-order valence-corrected chi connectivity index (χ0v) is 75.8. The average molecular weight is 1720 g/mol. The Bertz CT molecular complexity index is 8850. The first-order valence-corrected chi connectivity index (χ1v) is 46.8. The molecular weight excluding hydrogens is 1630 g/mol. The molecule has 3 aliphatic carbocycles. The highest BCUT2D eigenvalue weighted by Gasteiger charge is 2.44. The van der Waals surface area contributed by atoms with Crippen LogP contribution >= 0.6 is 0 Å². The summed E-state index contributed by atoms with van der Waals surface area (Å²) < 4.78 is 0. The number of rotatable bonds is 9. The number of nitrogens with zero attached hydrogens (tertiary/aromatic N) is 6. The van der Waals surface area contributed by atoms with Gasteiger partial charge in [0.05, 0.1) is 34.2 Å². The molecule has 3 aromatic heterocycles. The minimum Gasteiger partial charge on any atom is -0.228 e. The maximum atomic E-state index is 5.31. The molecule has 3 heterocycles. The molecule has 0 bridgehead atoms. The van der Waals surface area contributed by atoms with Crippen LogP contribution in [-0.2, 0) is 16.2 Å². The molecule has 0 radical (unpaired) electrons. The van der Waals surface area contributed by atoms with Gasteiger partial charge < -0.3 is 0 Å². The molecule has 24 aromatic rings. The smallest absolute Gasteiger partial charge is 0.160 e. The minimum atomic E-state index is -0.277. The van der Waals surface area contributed by atoms with Gasteiger partial charge in [-0.25, -0.2) is 29.9 Å². The lowest BCUT2D eigenvalue weighted by Crippen LogP contribution is -2.17. The number of hydrogen-bond donors (Lipinski definition) is 0. The van der Waals surface area contributed by atoms with Crippen molar-refractivity contribution in [1.82, 2.24) is 29.9 Å². The van der Waals surface area contributed by atoms with Crippen molar-refractivity contribution in [2.75, 3.05) is 0 Å². The van der Waals surface area contributed by atoms with Gasteiger partial charge in [0.15, 0.2) is 17.5 Å². The molecular formula is C129H90N6. The third kappa shape index (κ3) is 13.2. The first kappa shape index (κ1) is 80.3. The van der Waals surface area contributed by atoms with Crippen LogP contribution in [0.3, 0.4) is 0 Å². The van der Waals surface area contributed by atoms with Crippen LogP contribution in [0.5, 0.6) is 0 Å². The third-order valence-electron chi connectivity index (χ3n) is 28.9. The van der Waals surface area contributed by atoms with Crippen molar-refractivity contribution in [2.45, 2.75) is 57.8 Å². The van der Waals surface area contributed by atoms with Gasteiger partial charge in [0.2, 0.25) is 0 Å². The maximum absolute atomic E-state index is 5.31. The molecule has 27 rings (SSSR count). The van der Waals surface area contributed by atoms with Gasteiger partial charge in [-0.3, -0.25) is 0 Å². The van der Waals surface area contributed by atoms with Gasteiger partial charge in [0.25, 0.3) is 0 Å². The molecule has 0 spiro atoms. The summed E-state index contributed by atoms with van der Waals surface area (Å²) in [6.45, 7) is 13.9. The van der Waals surface area contributed by atoms with E-state index in [2.05, 4.69) is 448 Å². The summed E-state index contributed by atoms with van der Waals surface area (Å²) in [6, 6.07) is 157. The van der Waals surface area contributed by atoms with Crippen molar-refractivity contribution in [1.29, 1.82) is 0 Å². The predicted octanol–water partition coefficient (Wildman–Crippen LogP) is 33.7. The molecule has 135 heavy (non-hydrogen) atoms. The van der Waals surface area contributed by atoms with Gasteiger partial charge in [-0.05, 0) is 183 Å². The molecule has 3 aliphatic rings. The number of benzene rings is 21. The first-order valence-electron chi connectivity index (χ1n) is 46.8. The van der Waals surface area contributed by atoms with Gasteiger partial charge in [-0.1, -0.05) is 442 Å². The van der Waals surface area contributed by atoms with Gasteiger partial charge in [0, 0.05) is 83.0 Å². The Labute approximate surface area is 784 Å². The van der Waals surface area contributed by atoms with E-state index in [1.54, 1.807) is 0 Å². The van der Waals surface area contributed by atoms with Crippen LogP contribution in [0.25, 0.3) is 232 Å². The summed E-state index contributed by atoms with van der Waals surface area (Å²) in [5.74, 6) is 2.27. The van der Waals surface area contributed by atoms with Crippen LogP contribution in [0, 0.1) is 0 Å². The van der Waals surface area contributed by atoms with Crippen molar-refractivity contribution < 1.29 is 0 Å². The number of fused-ring (bicyclic) bond motifs is 27. The molecule has 0 fully saturated rings. The topological polar surface area (TPSA) is 77.3 Å². The van der Waals surface area contributed by atoms with E-state index in [0.717, 1.165) is 85.0 Å². The standard InChI is InChI=1S/3C43H30N2/c1-43(2)38-24-22-30(29-21-23-35-33-19-10-9-17-31(33)32-18-11-12-20-34(32)36(35)25-29)26-37(38)41-39(43)40(27-13-5-3-6-14-27)44-42(45-41)28-15-7-4-8-16-28;1-43(2)38-26-30(29-21-23-35-33-19-10-9-17-31(33)32-18-11-12-20-34(32)37(35)25-29)22-24-36(38)41-39(43)40(27-13-5-3-6-14-27)44-42(45-41)28-15-7-4-8-16-28;1-43(2)38-22-11-10-21-36(38)41-39(43)40(44-42(45-41)27-13-4-3-5-14-27)30-16-12-15-28(25-30)29-23-24-35-33-19-7-6-17-31(33)32-18-8-9-20-34(32)37(35)26-29/h3*3-26H,1-2H3. The first-order chi connectivity index (χ1) is 66.2. The van der Waals surface area contributed by atoms with Gasteiger partial charge in [-0.2, -0.15) is 0 Å². The highest BCUT2D eigenvalue weighted by molar-refractivity contribution is 6.28. The second-order valence-electron chi connectivity index (χ2n) is 37.8. The highest BCUT2D eigenvalue weighted by atomic mass is 14.9. The SMILES string of the molecule is CC1(C)c2cc(-c3ccc4c5ccccc5c5ccccc5c4c3)ccc2-c2nc(-c3ccccc3)nc(-c3ccccc3)c21.CC1(C)c2ccc(-c3ccc4c5ccccc5c5ccccc5c4c3)cc2-c2nc(-c3ccccc3)nc(-c3ccccc3)c21.CC1(C)c2ccccc2-c2nc(-c3ccccc3)nc(-c3cccc(-c4ccc5c6ccccc6c6ccccc6c5c4)c3)c21. The lowest BCUT2D eigenvalue weighted by molar-refractivity contribution is 0.657. The molecule has 6 nitrogen and oxygen atoms in total. The Morgan fingerprint density at radius 1 is 0.133 bits per heavy atom. The Hall–Kier alpha value is -16.8. The van der Waals surface area contributed by atoms with Crippen LogP contribution in [-0.4, -0.2) is 29.9 Å². The largest absolute Gasteiger partial charge is 0.228 e. The number of aromatic nitrogens is 6. The minimum absolute atomic E-state index is 0.227. The molecule has 21 aromatic carbocycles. The van der Waals surface area contributed by atoms with E-state index in [9.17, 15) is 0 Å². The zero-order valence-electron chi connectivity index (χ0n) is 75.8. The Balaban J connectivity index is 0.000000108. The van der Waals surface area contributed by atoms with Crippen LogP contribution < -0.4 is 0 Å². The second-order valence-corrected chi connectivity index (χ2v) is 37.8. The third-order valence-corrected chi connectivity index (χ3v) is 28.9. The van der Waals surface area contributed by atoms with Crippen LogP contribution in [0.4, 0.5) is 0 Å². The molecule has 0 saturated heterocycles. The van der Waals surface area contributed by atoms with E-state index in [-0.39, 0.29) is 16.2 Å². The molecule has 0 amide bonds. The van der Waals surface area contributed by atoms with Crippen LogP contribution in [0.15, 0.2) is 437 Å². The molecule has 0 aliphatic heterocycles. The molecule has 0 atom stereocenters. The summed E-state index contributed by atoms with van der Waals surface area (Å²) in [6.07, 6.45) is 0. The van der Waals surface area contributed by atoms with Gasteiger partial charge in [0.1, 0.15) is 0 Å². The fraction of sp³-hybridized carbons (Fsp3) is 0.0698. The van der Waals surface area contributed by atoms with Crippen molar-refractivity contribution in [3.05, 3.63) is 470 Å². The Kier molecular flexibility index (Phi) is 18.9. The summed E-state index contributed by atoms with van der Waals surface area (Å²) in [4.78, 5) is 31.5. The summed E-state index contributed by atoms with van der Waals surface area (Å²) >= 11 is 0. The quantitative estimate of drug-likeness (QED) is 0.134. The number of hydrogen-bond acceptors (Lipinski definition) is 6. The molecule has 636 valence electrons. The van der Waals surface area contributed by atoms with Crippen molar-refractivity contribution in [3.63, 3.8) is 0 Å². The Morgan fingerprint density at radius 3 is 0.733 bits per heavy atom. The second kappa shape index (κ2) is 31.8. The fourth-order valence-electron chi connectivity index (χ4n) is 22.4. The zero-order chi connectivity index (χ0) is 90.4. The summed E-state index contributed by atoms with van der Waals surface area (Å²) in [7, 11) is 0. The normalized spacial score (nSPS) is 13.3. The van der Waals surface area contributed by atoms with Crippen molar-refractivity contribution in [3.8, 4) is 135 Å². The molecule has 0 saturated carbocycles. The van der Waals surface area contributed by atoms with Crippen LogP contribution in [0.2, 0.25) is 0 Å². The maximum Gasteiger partial charge on any atom is 0.160 e. The van der Waals surface area contributed by atoms with Crippen molar-refractivity contribution >= 4 is 97.0 Å². The molecule has 6 heteroatoms. The van der Waals surface area contributed by atoms with E-state index >= 15 is 0 Å². The lowest BCUT2D eigenvalue weighted by Gasteiger charge is -2.24. The summed E-state index contributed by atoms with van der Waals surface area (Å²) in [5, 5.41) is 23.2. The van der Waals surface area contributed by atoms with Gasteiger partial charge in [-0.15, -0.1) is 0 Å². The highest BCUT2D eigenvalue weighted by Crippen LogP contribution is 2.57. The van der Waals surface area contributed by atoms with Crippen LogP contribution in [0.1, 0.15) is 74.9 Å². The monoisotopic (exact) mass is 1720 g/mol. The average Bonchev–Trinajstić information content (AvgIpc) is 1.76. The van der Waals surface area contributed by atoms with E-state index in [0.29, 0.717) is 0 Å². The fourth-order valence-corrected chi connectivity index (χ4v) is 22.4. The van der Waals surface area contributed by atoms with E-state index in [1.165, 1.54) is 180 Å². The van der Waals surface area contributed by atoms with E-state index in [4.69, 9.17) is 29.9 Å². The summed E-state index contributed by atoms with van der Waals surface area (Å²) in [5.41, 5.74) is 30.0. The molecule has 0 N–H and O–H groups in total. The van der Waals surface area contributed by atoms with Crippen molar-refractivity contribution in [2.24, 2.45) is 0 Å². The Morgan fingerprint density at radius 2 is 0.363 bits per heavy atom. The van der Waals surface area contributed by atoms with E-state index in [1.807, 2.05) is 30.3 Å². The van der Waals surface area contributed by atoms with Gasteiger partial charge >= 0.3 is 0 Å². The van der Waals surface area contributed by atoms with E-state index < -0.39 is 0 Å². The predicted molar refractivity (Wildman–Crippen MR) is 565 cm³/mol.